The number of nitrogens with one attached hydrogen (secondary N) is 1. The van der Waals surface area contributed by atoms with E-state index in [2.05, 4.69) is 98.4 Å². The Labute approximate surface area is 193 Å². The molecule has 5 rings (SSSR count). The highest BCUT2D eigenvalue weighted by Gasteiger charge is 2.14. The van der Waals surface area contributed by atoms with Gasteiger partial charge in [0.05, 0.1) is 6.54 Å². The molecule has 3 aromatic rings. The molecule has 0 spiro atoms. The summed E-state index contributed by atoms with van der Waals surface area (Å²) >= 11 is 1.67. The van der Waals surface area contributed by atoms with Crippen LogP contribution in [0.2, 0.25) is 0 Å². The lowest BCUT2D eigenvalue weighted by molar-refractivity contribution is 0.313. The van der Waals surface area contributed by atoms with Crippen molar-refractivity contribution in [1.29, 1.82) is 0 Å². The topological polar surface area (TPSA) is 30.9 Å². The highest BCUT2D eigenvalue weighted by molar-refractivity contribution is 7.08. The number of aliphatic imine (C=N–C) groups is 1. The second kappa shape index (κ2) is 9.44. The molecule has 32 heavy (non-hydrogen) atoms. The second-order valence-electron chi connectivity index (χ2n) is 8.18. The predicted molar refractivity (Wildman–Crippen MR) is 137 cm³/mol. The van der Waals surface area contributed by atoms with Crippen molar-refractivity contribution in [2.24, 2.45) is 4.99 Å². The van der Waals surface area contributed by atoms with Crippen molar-refractivity contribution < 1.29 is 0 Å². The van der Waals surface area contributed by atoms with Gasteiger partial charge in [-0.05, 0) is 71.6 Å². The third-order valence-corrected chi connectivity index (χ3v) is 6.60. The Kier molecular flexibility index (Phi) is 6.06. The first kappa shape index (κ1) is 20.6. The van der Waals surface area contributed by atoms with Gasteiger partial charge in [-0.25, -0.2) is 0 Å². The van der Waals surface area contributed by atoms with Crippen LogP contribution in [0, 0.1) is 11.8 Å². The summed E-state index contributed by atoms with van der Waals surface area (Å²) < 4.78 is 0. The number of piperazine rings is 1. The molecule has 2 aliphatic heterocycles. The van der Waals surface area contributed by atoms with E-state index >= 15 is 0 Å². The molecular formula is C27H26N4S. The van der Waals surface area contributed by atoms with Crippen LogP contribution in [0.25, 0.3) is 5.57 Å². The minimum atomic E-state index is 0.667. The first-order valence-corrected chi connectivity index (χ1v) is 11.9. The maximum absolute atomic E-state index is 4.53. The summed E-state index contributed by atoms with van der Waals surface area (Å²) in [4.78, 5) is 9.36. The van der Waals surface area contributed by atoms with Crippen LogP contribution in [-0.4, -0.2) is 50.9 Å². The van der Waals surface area contributed by atoms with E-state index in [0.717, 1.165) is 48.6 Å². The van der Waals surface area contributed by atoms with Crippen molar-refractivity contribution in [2.75, 3.05) is 50.0 Å². The van der Waals surface area contributed by atoms with E-state index in [4.69, 9.17) is 0 Å². The molecule has 0 unspecified atom stereocenters. The van der Waals surface area contributed by atoms with E-state index in [1.807, 2.05) is 12.3 Å². The zero-order valence-corrected chi connectivity index (χ0v) is 19.0. The van der Waals surface area contributed by atoms with Crippen LogP contribution in [0.1, 0.15) is 22.3 Å². The Morgan fingerprint density at radius 1 is 0.969 bits per heavy atom. The molecule has 4 nitrogen and oxygen atoms in total. The first-order chi connectivity index (χ1) is 15.7. The second-order valence-corrected chi connectivity index (χ2v) is 8.96. The Morgan fingerprint density at radius 3 is 2.56 bits per heavy atom. The van der Waals surface area contributed by atoms with Crippen LogP contribution >= 0.6 is 11.3 Å². The predicted octanol–water partition coefficient (Wildman–Crippen LogP) is 4.79. The van der Waals surface area contributed by atoms with Crippen LogP contribution in [0.15, 0.2) is 70.5 Å². The fourth-order valence-electron chi connectivity index (χ4n) is 3.96. The summed E-state index contributed by atoms with van der Waals surface area (Å²) in [6.07, 6.45) is 4.03. The molecule has 1 aromatic heterocycles. The lowest BCUT2D eigenvalue weighted by Gasteiger charge is -2.34. The molecule has 0 amide bonds. The van der Waals surface area contributed by atoms with Crippen LogP contribution in [0.3, 0.4) is 0 Å². The minimum Gasteiger partial charge on any atom is -0.369 e. The van der Waals surface area contributed by atoms with Gasteiger partial charge >= 0.3 is 0 Å². The van der Waals surface area contributed by atoms with Gasteiger partial charge in [0.15, 0.2) is 0 Å². The van der Waals surface area contributed by atoms with Crippen molar-refractivity contribution in [3.63, 3.8) is 0 Å². The van der Waals surface area contributed by atoms with E-state index in [9.17, 15) is 0 Å². The van der Waals surface area contributed by atoms with E-state index in [1.54, 1.807) is 11.3 Å². The van der Waals surface area contributed by atoms with Crippen molar-refractivity contribution in [3.8, 4) is 11.8 Å². The standard InChI is InChI=1S/C27H26N4S/c1-30-11-13-31(14-12-30)26-8-6-25(7-9-26)29-19-24-18-28-17-23-5-4-21(16-27(23)24)2-3-22-10-15-32-20-22/h4-10,15-17,19-20,29H,11-14,18H2,1H3/b24-19+. The molecule has 160 valence electrons. The quantitative estimate of drug-likeness (QED) is 0.597. The maximum Gasteiger partial charge on any atom is 0.0660 e. The average Bonchev–Trinajstić information content (AvgIpc) is 3.36. The molecule has 0 radical (unpaired) electrons. The van der Waals surface area contributed by atoms with Gasteiger partial charge < -0.3 is 15.1 Å². The molecule has 0 saturated carbocycles. The number of nitrogens with zero attached hydrogens (tertiary/aromatic N) is 3. The van der Waals surface area contributed by atoms with Gasteiger partial charge in [0.1, 0.15) is 0 Å². The molecule has 0 atom stereocenters. The summed E-state index contributed by atoms with van der Waals surface area (Å²) in [6, 6.07) is 17.1. The molecule has 2 aliphatic rings. The lowest BCUT2D eigenvalue weighted by Crippen LogP contribution is -2.44. The van der Waals surface area contributed by atoms with Crippen molar-refractivity contribution in [3.05, 3.63) is 87.7 Å². The van der Waals surface area contributed by atoms with E-state index < -0.39 is 0 Å². The number of hydrogen-bond donors (Lipinski definition) is 1. The maximum atomic E-state index is 4.53. The zero-order chi connectivity index (χ0) is 21.8. The Morgan fingerprint density at radius 2 is 1.78 bits per heavy atom. The molecule has 3 heterocycles. The van der Waals surface area contributed by atoms with Gasteiger partial charge in [-0.15, -0.1) is 0 Å². The SMILES string of the molecule is CN1CCN(c2ccc(N/C=C3\CN=Cc4ccc(C#Cc5ccsc5)cc43)cc2)CC1. The van der Waals surface area contributed by atoms with Crippen molar-refractivity contribution >= 4 is 34.5 Å². The number of likely N-dealkylation sites (N-methyl/N-ethyl adjacent to an activating group) is 1. The fraction of sp³-hybridized carbons (Fsp3) is 0.222. The number of fused-ring (bicyclic) bond motifs is 1. The van der Waals surface area contributed by atoms with Crippen molar-refractivity contribution in [1.82, 2.24) is 4.90 Å². The largest absolute Gasteiger partial charge is 0.369 e. The van der Waals surface area contributed by atoms with E-state index in [0.29, 0.717) is 6.54 Å². The van der Waals surface area contributed by atoms with E-state index in [-0.39, 0.29) is 0 Å². The molecule has 1 fully saturated rings. The third-order valence-electron chi connectivity index (χ3n) is 5.91. The van der Waals surface area contributed by atoms with Crippen LogP contribution in [0.5, 0.6) is 0 Å². The van der Waals surface area contributed by atoms with Gasteiger partial charge in [0, 0.05) is 66.5 Å². The molecule has 0 bridgehead atoms. The fourth-order valence-corrected chi connectivity index (χ4v) is 4.55. The first-order valence-electron chi connectivity index (χ1n) is 10.9. The van der Waals surface area contributed by atoms with E-state index in [1.165, 1.54) is 16.8 Å². The van der Waals surface area contributed by atoms with Gasteiger partial charge in [0.25, 0.3) is 0 Å². The molecule has 0 aliphatic carbocycles. The summed E-state index contributed by atoms with van der Waals surface area (Å²) in [5.74, 6) is 6.53. The Balaban J connectivity index is 1.31. The number of benzene rings is 2. The number of rotatable bonds is 3. The van der Waals surface area contributed by atoms with Crippen molar-refractivity contribution in [2.45, 2.75) is 0 Å². The minimum absolute atomic E-state index is 0.667. The molecular weight excluding hydrogens is 412 g/mol. The molecule has 2 aromatic carbocycles. The lowest BCUT2D eigenvalue weighted by atomic mass is 9.96. The number of anilines is 2. The zero-order valence-electron chi connectivity index (χ0n) is 18.2. The van der Waals surface area contributed by atoms with Gasteiger partial charge in [-0.2, -0.15) is 11.3 Å². The number of hydrogen-bond acceptors (Lipinski definition) is 5. The summed E-state index contributed by atoms with van der Waals surface area (Å²) in [5, 5.41) is 7.59. The highest BCUT2D eigenvalue weighted by Crippen LogP contribution is 2.25. The molecule has 1 saturated heterocycles. The Bertz CT molecular complexity index is 1190. The normalized spacial score (nSPS) is 17.0. The smallest absolute Gasteiger partial charge is 0.0660 e. The monoisotopic (exact) mass is 438 g/mol. The third kappa shape index (κ3) is 4.77. The summed E-state index contributed by atoms with van der Waals surface area (Å²) in [7, 11) is 2.19. The summed E-state index contributed by atoms with van der Waals surface area (Å²) in [6.45, 7) is 5.07. The van der Waals surface area contributed by atoms with Crippen LogP contribution in [-0.2, 0) is 0 Å². The van der Waals surface area contributed by atoms with Gasteiger partial charge in [-0.3, -0.25) is 4.99 Å². The summed E-state index contributed by atoms with van der Waals surface area (Å²) in [5.41, 5.74) is 7.95. The van der Waals surface area contributed by atoms with Gasteiger partial charge in [-0.1, -0.05) is 17.9 Å². The molecule has 1 N–H and O–H groups in total. The van der Waals surface area contributed by atoms with Gasteiger partial charge in [0.2, 0.25) is 0 Å². The van der Waals surface area contributed by atoms with Crippen LogP contribution < -0.4 is 10.2 Å². The van der Waals surface area contributed by atoms with Crippen LogP contribution in [0.4, 0.5) is 11.4 Å². The number of thiophene rings is 1. The molecule has 5 heteroatoms. The highest BCUT2D eigenvalue weighted by atomic mass is 32.1. The Hall–Kier alpha value is -3.33. The average molecular weight is 439 g/mol.